The normalized spacial score (nSPS) is 17.2. The number of imidazole rings is 1. The minimum absolute atomic E-state index is 0.0977. The summed E-state index contributed by atoms with van der Waals surface area (Å²) in [5.74, 6) is 1.73. The Labute approximate surface area is 162 Å². The number of nitrogens with zero attached hydrogens (tertiary/aromatic N) is 4. The molecule has 1 aliphatic heterocycles. The minimum Gasteiger partial charge on any atom is -0.445 e. The summed E-state index contributed by atoms with van der Waals surface area (Å²) in [4.78, 5) is 22.9. The molecule has 2 aromatic heterocycles. The maximum absolute atomic E-state index is 12.5. The van der Waals surface area contributed by atoms with Crippen molar-refractivity contribution in [2.75, 3.05) is 13.1 Å². The molecule has 0 unspecified atom stereocenters. The number of amides is 1. The van der Waals surface area contributed by atoms with Crippen molar-refractivity contribution in [1.29, 1.82) is 0 Å². The van der Waals surface area contributed by atoms with Crippen molar-refractivity contribution in [3.8, 4) is 0 Å². The monoisotopic (exact) mass is 384 g/mol. The van der Waals surface area contributed by atoms with E-state index in [1.165, 1.54) is 0 Å². The van der Waals surface area contributed by atoms with E-state index >= 15 is 0 Å². The van der Waals surface area contributed by atoms with E-state index in [0.717, 1.165) is 35.7 Å². The predicted molar refractivity (Wildman–Crippen MR) is 102 cm³/mol. The number of aromatic nitrogens is 3. The van der Waals surface area contributed by atoms with Gasteiger partial charge < -0.3 is 13.9 Å². The highest BCUT2D eigenvalue weighted by Gasteiger charge is 2.28. The molecule has 1 fully saturated rings. The number of benzene rings is 1. The Hall–Kier alpha value is -2.60. The lowest BCUT2D eigenvalue weighted by molar-refractivity contribution is -0.133. The lowest BCUT2D eigenvalue weighted by atomic mass is 9.98. The molecule has 4 rings (SSSR count). The molecule has 0 saturated carbocycles. The number of hydrogen-bond acceptors (Lipinski definition) is 4. The Kier molecular flexibility index (Phi) is 5.25. The van der Waals surface area contributed by atoms with Gasteiger partial charge in [0, 0.05) is 36.9 Å². The van der Waals surface area contributed by atoms with Gasteiger partial charge in [0.2, 0.25) is 5.91 Å². The number of piperidine rings is 1. The van der Waals surface area contributed by atoms with Gasteiger partial charge in [0.25, 0.3) is 0 Å². The topological polar surface area (TPSA) is 64.2 Å². The maximum Gasteiger partial charge on any atom is 0.242 e. The maximum atomic E-state index is 12.5. The Bertz CT molecular complexity index is 906. The molecule has 0 bridgehead atoms. The standard InChI is InChI=1S/C20H21ClN4O2/c21-18-6-2-1-4-15(18)10-17-11-23-20(27-17)16-5-3-8-25(12-16)19(26)13-24-9-7-22-14-24/h1-2,4,6-7,9,11,14,16H,3,5,8,10,12-13H2/t16-/m1/s1. The Morgan fingerprint density at radius 2 is 2.22 bits per heavy atom. The first-order valence-corrected chi connectivity index (χ1v) is 9.48. The van der Waals surface area contributed by atoms with Gasteiger partial charge in [0.1, 0.15) is 12.3 Å². The summed E-state index contributed by atoms with van der Waals surface area (Å²) in [6, 6.07) is 7.74. The number of carbonyl (C=O) groups excluding carboxylic acids is 1. The largest absolute Gasteiger partial charge is 0.445 e. The molecule has 0 aliphatic carbocycles. The molecule has 6 nitrogen and oxygen atoms in total. The van der Waals surface area contributed by atoms with Crippen molar-refractivity contribution >= 4 is 17.5 Å². The van der Waals surface area contributed by atoms with Crippen LogP contribution in [0.15, 0.2) is 53.6 Å². The van der Waals surface area contributed by atoms with Crippen LogP contribution in [-0.4, -0.2) is 38.4 Å². The lowest BCUT2D eigenvalue weighted by Crippen LogP contribution is -2.40. The summed E-state index contributed by atoms with van der Waals surface area (Å²) in [5, 5.41) is 0.726. The first kappa shape index (κ1) is 17.8. The molecule has 1 amide bonds. The molecule has 140 valence electrons. The van der Waals surface area contributed by atoms with Crippen molar-refractivity contribution < 1.29 is 9.21 Å². The second-order valence-electron chi connectivity index (χ2n) is 6.85. The fraction of sp³-hybridized carbons (Fsp3) is 0.350. The zero-order valence-electron chi connectivity index (χ0n) is 14.9. The van der Waals surface area contributed by atoms with Gasteiger partial charge in [0.15, 0.2) is 5.89 Å². The third-order valence-electron chi connectivity index (χ3n) is 4.89. The number of halogens is 1. The molecule has 0 radical (unpaired) electrons. The second kappa shape index (κ2) is 7.96. The van der Waals surface area contributed by atoms with Gasteiger partial charge in [-0.2, -0.15) is 0 Å². The second-order valence-corrected chi connectivity index (χ2v) is 7.25. The Balaban J connectivity index is 1.40. The van der Waals surface area contributed by atoms with Crippen LogP contribution >= 0.6 is 11.6 Å². The molecule has 7 heteroatoms. The first-order valence-electron chi connectivity index (χ1n) is 9.10. The molecule has 1 saturated heterocycles. The molecule has 27 heavy (non-hydrogen) atoms. The predicted octanol–water partition coefficient (Wildman–Crippen LogP) is 3.52. The third kappa shape index (κ3) is 4.22. The van der Waals surface area contributed by atoms with E-state index in [4.69, 9.17) is 16.0 Å². The summed E-state index contributed by atoms with van der Waals surface area (Å²) >= 11 is 6.23. The molecule has 1 aliphatic rings. The fourth-order valence-corrected chi connectivity index (χ4v) is 3.67. The molecule has 0 N–H and O–H groups in total. The summed E-state index contributed by atoms with van der Waals surface area (Å²) < 4.78 is 7.78. The summed E-state index contributed by atoms with van der Waals surface area (Å²) in [7, 11) is 0. The van der Waals surface area contributed by atoms with Crippen molar-refractivity contribution in [1.82, 2.24) is 19.4 Å². The molecule has 3 heterocycles. The van der Waals surface area contributed by atoms with Crippen LogP contribution in [0.5, 0.6) is 0 Å². The average molecular weight is 385 g/mol. The number of oxazole rings is 1. The number of rotatable bonds is 5. The van der Waals surface area contributed by atoms with Crippen molar-refractivity contribution in [3.05, 3.63) is 71.4 Å². The van der Waals surface area contributed by atoms with Crippen LogP contribution in [0.3, 0.4) is 0 Å². The van der Waals surface area contributed by atoms with Gasteiger partial charge in [0.05, 0.1) is 18.4 Å². The lowest BCUT2D eigenvalue weighted by Gasteiger charge is -2.31. The molecule has 1 aromatic carbocycles. The molecule has 1 atom stereocenters. The highest BCUT2D eigenvalue weighted by atomic mass is 35.5. The average Bonchev–Trinajstić information content (AvgIpc) is 3.36. The third-order valence-corrected chi connectivity index (χ3v) is 5.26. The van der Waals surface area contributed by atoms with Gasteiger partial charge >= 0.3 is 0 Å². The van der Waals surface area contributed by atoms with Gasteiger partial charge in [-0.05, 0) is 24.5 Å². The van der Waals surface area contributed by atoms with Crippen molar-refractivity contribution in [3.63, 3.8) is 0 Å². The van der Waals surface area contributed by atoms with Crippen LogP contribution in [0.25, 0.3) is 0 Å². The van der Waals surface area contributed by atoms with E-state index in [-0.39, 0.29) is 11.8 Å². The van der Waals surface area contributed by atoms with Gasteiger partial charge in [-0.3, -0.25) is 4.79 Å². The molecule has 3 aromatic rings. The highest BCUT2D eigenvalue weighted by molar-refractivity contribution is 6.31. The van der Waals surface area contributed by atoms with Crippen LogP contribution in [0, 0.1) is 0 Å². The quantitative estimate of drug-likeness (QED) is 0.675. The van der Waals surface area contributed by atoms with E-state index in [9.17, 15) is 4.79 Å². The Morgan fingerprint density at radius 3 is 3.04 bits per heavy atom. The summed E-state index contributed by atoms with van der Waals surface area (Å²) in [5.41, 5.74) is 1.02. The highest BCUT2D eigenvalue weighted by Crippen LogP contribution is 2.28. The van der Waals surface area contributed by atoms with E-state index in [0.29, 0.717) is 25.4 Å². The zero-order chi connectivity index (χ0) is 18.6. The van der Waals surface area contributed by atoms with Crippen LogP contribution in [0.4, 0.5) is 0 Å². The number of hydrogen-bond donors (Lipinski definition) is 0. The Morgan fingerprint density at radius 1 is 1.33 bits per heavy atom. The first-order chi connectivity index (χ1) is 13.2. The van der Waals surface area contributed by atoms with Gasteiger partial charge in [-0.1, -0.05) is 29.8 Å². The van der Waals surface area contributed by atoms with E-state index < -0.39 is 0 Å². The van der Waals surface area contributed by atoms with Crippen molar-refractivity contribution in [2.24, 2.45) is 0 Å². The van der Waals surface area contributed by atoms with Crippen LogP contribution in [-0.2, 0) is 17.8 Å². The fourth-order valence-electron chi connectivity index (χ4n) is 3.46. The number of carbonyl (C=O) groups is 1. The van der Waals surface area contributed by atoms with E-state index in [1.54, 1.807) is 29.5 Å². The molecular weight excluding hydrogens is 364 g/mol. The van der Waals surface area contributed by atoms with Crippen LogP contribution in [0.2, 0.25) is 5.02 Å². The zero-order valence-corrected chi connectivity index (χ0v) is 15.7. The van der Waals surface area contributed by atoms with Crippen molar-refractivity contribution in [2.45, 2.75) is 31.7 Å². The van der Waals surface area contributed by atoms with Gasteiger partial charge in [-0.15, -0.1) is 0 Å². The number of likely N-dealkylation sites (tertiary alicyclic amines) is 1. The summed E-state index contributed by atoms with van der Waals surface area (Å²) in [6.07, 6.45) is 9.44. The van der Waals surface area contributed by atoms with Crippen LogP contribution < -0.4 is 0 Å². The van der Waals surface area contributed by atoms with Gasteiger partial charge in [-0.25, -0.2) is 9.97 Å². The minimum atomic E-state index is 0.0977. The molecular formula is C20H21ClN4O2. The SMILES string of the molecule is O=C(Cn1ccnc1)N1CCC[C@@H](c2ncc(Cc3ccccc3Cl)o2)C1. The van der Waals surface area contributed by atoms with Crippen LogP contribution in [0.1, 0.15) is 36.0 Å². The molecule has 0 spiro atoms. The van der Waals surface area contributed by atoms with E-state index in [2.05, 4.69) is 9.97 Å². The summed E-state index contributed by atoms with van der Waals surface area (Å²) in [6.45, 7) is 1.73. The van der Waals surface area contributed by atoms with E-state index in [1.807, 2.05) is 29.2 Å². The smallest absolute Gasteiger partial charge is 0.242 e.